The summed E-state index contributed by atoms with van der Waals surface area (Å²) in [6.45, 7) is 0. The summed E-state index contributed by atoms with van der Waals surface area (Å²) in [5, 5.41) is 14.8. The monoisotopic (exact) mass is 181 g/mol. The van der Waals surface area contributed by atoms with E-state index in [0.29, 0.717) is 0 Å². The van der Waals surface area contributed by atoms with Gasteiger partial charge >= 0.3 is 34.1 Å². The first-order valence-corrected chi connectivity index (χ1v) is 0.548. The number of hydrogen-bond donors (Lipinski definition) is 0. The topological polar surface area (TPSA) is 66.2 Å². The van der Waals surface area contributed by atoms with E-state index in [1.165, 1.54) is 0 Å². The molecule has 0 amide bonds. The van der Waals surface area contributed by atoms with Crippen molar-refractivity contribution < 1.29 is 39.2 Å². The molecule has 0 aromatic heterocycles. The van der Waals surface area contributed by atoms with E-state index in [1.807, 2.05) is 0 Å². The van der Waals surface area contributed by atoms with E-state index in [1.54, 1.807) is 0 Å². The Morgan fingerprint density at radius 1 is 1.33 bits per heavy atom. The Morgan fingerprint density at radius 2 is 1.33 bits per heavy atom. The summed E-state index contributed by atoms with van der Waals surface area (Å²) in [5.41, 5.74) is 0. The SMILES string of the molecule is O=[N+]([O-])[O-].[Cu+].[Fe+3]. The van der Waals surface area contributed by atoms with Gasteiger partial charge in [0.05, 0.1) is 5.09 Å². The van der Waals surface area contributed by atoms with Gasteiger partial charge in [-0.3, -0.25) is 0 Å². The molecule has 0 aliphatic rings. The van der Waals surface area contributed by atoms with Crippen LogP contribution in [0.1, 0.15) is 0 Å². The molecule has 39 valence electrons. The number of rotatable bonds is 0. The second kappa shape index (κ2) is 8.97. The molecule has 0 rings (SSSR count). The van der Waals surface area contributed by atoms with E-state index in [2.05, 4.69) is 0 Å². The summed E-state index contributed by atoms with van der Waals surface area (Å²) in [7, 11) is 0. The smallest absolute Gasteiger partial charge is 0.356 e. The van der Waals surface area contributed by atoms with Crippen LogP contribution in [0.5, 0.6) is 0 Å². The van der Waals surface area contributed by atoms with Crippen molar-refractivity contribution in [1.29, 1.82) is 0 Å². The summed E-state index contributed by atoms with van der Waals surface area (Å²) >= 11 is 0. The molecule has 0 unspecified atom stereocenters. The summed E-state index contributed by atoms with van der Waals surface area (Å²) in [6, 6.07) is 0. The minimum atomic E-state index is -1.75. The van der Waals surface area contributed by atoms with E-state index in [-0.39, 0.29) is 34.1 Å². The van der Waals surface area contributed by atoms with Crippen molar-refractivity contribution >= 4 is 0 Å². The third-order valence-electron chi connectivity index (χ3n) is 0. The molecule has 6 heavy (non-hydrogen) atoms. The van der Waals surface area contributed by atoms with Crippen LogP contribution >= 0.6 is 0 Å². The van der Waals surface area contributed by atoms with Crippen molar-refractivity contribution in [2.75, 3.05) is 0 Å². The van der Waals surface area contributed by atoms with Gasteiger partial charge in [-0.1, -0.05) is 0 Å². The molecule has 0 aromatic carbocycles. The van der Waals surface area contributed by atoms with Crippen LogP contribution in [0.3, 0.4) is 0 Å². The van der Waals surface area contributed by atoms with Crippen LogP contribution in [0.25, 0.3) is 0 Å². The molecule has 0 N–H and O–H groups in total. The molecular weight excluding hydrogens is 181 g/mol. The fourth-order valence-corrected chi connectivity index (χ4v) is 0. The first kappa shape index (κ1) is 16.3. The van der Waals surface area contributed by atoms with Gasteiger partial charge in [0.15, 0.2) is 0 Å². The van der Waals surface area contributed by atoms with Gasteiger partial charge in [-0.2, -0.15) is 0 Å². The first-order valence-electron chi connectivity index (χ1n) is 0.548. The molecule has 0 saturated carbocycles. The maximum Gasteiger partial charge on any atom is 3.00 e. The van der Waals surface area contributed by atoms with Gasteiger partial charge < -0.3 is 15.3 Å². The van der Waals surface area contributed by atoms with Crippen molar-refractivity contribution in [2.45, 2.75) is 0 Å². The first-order chi connectivity index (χ1) is 1.73. The Kier molecular flexibility index (Phi) is 24.4. The van der Waals surface area contributed by atoms with Crippen molar-refractivity contribution in [3.05, 3.63) is 15.3 Å². The maximum absolute atomic E-state index is 8.25. The zero-order chi connectivity index (χ0) is 3.58. The van der Waals surface area contributed by atoms with Crippen LogP contribution < -0.4 is 0 Å². The molecule has 0 bridgehead atoms. The standard InChI is InChI=1S/Cu.Fe.NO3/c;;2-1(3)4/q+1;+3;-1. The van der Waals surface area contributed by atoms with Crippen LogP contribution in [-0.4, -0.2) is 5.09 Å². The normalized spacial score (nSPS) is 4.00. The fourth-order valence-electron chi connectivity index (χ4n) is 0. The Balaban J connectivity index is -0.0000000450. The largest absolute Gasteiger partial charge is 3.00 e. The predicted molar refractivity (Wildman–Crippen MR) is 10.4 cm³/mol. The molecule has 0 fully saturated rings. The average molecular weight is 181 g/mol. The molecule has 0 aromatic rings. The zero-order valence-corrected chi connectivity index (χ0v) is 4.37. The molecule has 0 spiro atoms. The molecular formula is CuFeNO3+3. The van der Waals surface area contributed by atoms with E-state index in [9.17, 15) is 0 Å². The number of nitrogens with zero attached hydrogens (tertiary/aromatic N) is 1. The molecule has 6 heteroatoms. The van der Waals surface area contributed by atoms with Crippen molar-refractivity contribution in [3.63, 3.8) is 0 Å². The van der Waals surface area contributed by atoms with Gasteiger partial charge in [0.25, 0.3) is 0 Å². The summed E-state index contributed by atoms with van der Waals surface area (Å²) in [4.78, 5) is 8.25. The van der Waals surface area contributed by atoms with Crippen LogP contribution in [0.4, 0.5) is 0 Å². The zero-order valence-electron chi connectivity index (χ0n) is 2.33. The predicted octanol–water partition coefficient (Wildman–Crippen LogP) is -0.244. The van der Waals surface area contributed by atoms with Gasteiger partial charge in [0.1, 0.15) is 0 Å². The number of hydrogen-bond acceptors (Lipinski definition) is 3. The molecule has 0 aliphatic heterocycles. The summed E-state index contributed by atoms with van der Waals surface area (Å²) < 4.78 is 0. The Bertz CT molecular complexity index is 33.8. The molecule has 4 nitrogen and oxygen atoms in total. The van der Waals surface area contributed by atoms with E-state index in [0.717, 1.165) is 0 Å². The van der Waals surface area contributed by atoms with Crippen molar-refractivity contribution in [1.82, 2.24) is 0 Å². The Hall–Kier alpha value is 0.239. The fraction of sp³-hybridized carbons (Fsp3) is 0. The molecule has 0 saturated heterocycles. The molecule has 0 heterocycles. The van der Waals surface area contributed by atoms with Crippen molar-refractivity contribution in [2.24, 2.45) is 0 Å². The van der Waals surface area contributed by atoms with E-state index >= 15 is 0 Å². The third-order valence-corrected chi connectivity index (χ3v) is 0. The second-order valence-electron chi connectivity index (χ2n) is 0.224. The summed E-state index contributed by atoms with van der Waals surface area (Å²) in [5.74, 6) is 0. The minimum Gasteiger partial charge on any atom is -0.356 e. The quantitative estimate of drug-likeness (QED) is 0.294. The second-order valence-corrected chi connectivity index (χ2v) is 0.224. The van der Waals surface area contributed by atoms with Crippen LogP contribution in [0.2, 0.25) is 0 Å². The van der Waals surface area contributed by atoms with Gasteiger partial charge in [0, 0.05) is 0 Å². The molecule has 0 atom stereocenters. The summed E-state index contributed by atoms with van der Waals surface area (Å²) in [6.07, 6.45) is 0. The average Bonchev–Trinajstić information content (AvgIpc) is 0.811. The Labute approximate surface area is 55.0 Å². The van der Waals surface area contributed by atoms with E-state index in [4.69, 9.17) is 15.3 Å². The van der Waals surface area contributed by atoms with Crippen LogP contribution in [-0.2, 0) is 34.1 Å². The third kappa shape index (κ3) is 779. The molecule has 0 aliphatic carbocycles. The maximum atomic E-state index is 8.25. The van der Waals surface area contributed by atoms with E-state index < -0.39 is 5.09 Å². The minimum absolute atomic E-state index is 0. The van der Waals surface area contributed by atoms with Crippen molar-refractivity contribution in [3.8, 4) is 0 Å². The van der Waals surface area contributed by atoms with Gasteiger partial charge in [0.2, 0.25) is 0 Å². The van der Waals surface area contributed by atoms with Crippen LogP contribution in [0, 0.1) is 15.3 Å². The molecule has 1 radical (unpaired) electrons. The van der Waals surface area contributed by atoms with Crippen LogP contribution in [0.15, 0.2) is 0 Å². The Morgan fingerprint density at radius 3 is 1.33 bits per heavy atom. The van der Waals surface area contributed by atoms with Gasteiger partial charge in [-0.05, 0) is 0 Å². The van der Waals surface area contributed by atoms with Gasteiger partial charge in [-0.25, -0.2) is 0 Å². The van der Waals surface area contributed by atoms with Gasteiger partial charge in [-0.15, -0.1) is 0 Å².